The van der Waals surface area contributed by atoms with Gasteiger partial charge in [0.05, 0.1) is 11.0 Å². The lowest BCUT2D eigenvalue weighted by atomic mass is 9.48. The van der Waals surface area contributed by atoms with Crippen LogP contribution < -0.4 is 8.92 Å². The largest absolute Gasteiger partial charge is 0.481 e. The summed E-state index contributed by atoms with van der Waals surface area (Å²) in [5.74, 6) is -1.11. The van der Waals surface area contributed by atoms with E-state index in [9.17, 15) is 18.1 Å². The van der Waals surface area contributed by atoms with Gasteiger partial charge in [-0.25, -0.2) is 0 Å². The molecule has 2 bridgehead atoms. The van der Waals surface area contributed by atoms with Gasteiger partial charge in [0.2, 0.25) is 0 Å². The Labute approximate surface area is 174 Å². The third kappa shape index (κ3) is 2.31. The average molecular weight is 423 g/mol. The zero-order valence-corrected chi connectivity index (χ0v) is 16.7. The molecule has 6 rings (SSSR count). The zero-order chi connectivity index (χ0) is 22.9. The van der Waals surface area contributed by atoms with Gasteiger partial charge in [0, 0.05) is 22.2 Å². The fourth-order valence-electron chi connectivity index (χ4n) is 6.14. The number of likely N-dealkylation sites (tertiary alicyclic amines) is 1. The van der Waals surface area contributed by atoms with Gasteiger partial charge in [0.1, 0.15) is 6.10 Å². The SMILES string of the molecule is [2H]C1(C([2H])([2H])N2CC[C@]34c5c6ccc(OS(=O)(=O)O)c5O[C@H]3C(=C)CC[C@@]4(O)[C@H]2C6)CC1. The van der Waals surface area contributed by atoms with E-state index in [1.54, 1.807) is 11.0 Å². The minimum atomic E-state index is -4.77. The summed E-state index contributed by atoms with van der Waals surface area (Å²) in [7, 11) is -4.77. The number of rotatable bonds is 4. The van der Waals surface area contributed by atoms with Crippen molar-refractivity contribution in [1.82, 2.24) is 4.90 Å². The maximum absolute atomic E-state index is 12.3. The van der Waals surface area contributed by atoms with Gasteiger partial charge in [-0.2, -0.15) is 8.42 Å². The summed E-state index contributed by atoms with van der Waals surface area (Å²) in [5, 5.41) is 12.3. The Morgan fingerprint density at radius 2 is 2.21 bits per heavy atom. The van der Waals surface area contributed by atoms with Crippen molar-refractivity contribution in [1.29, 1.82) is 0 Å². The van der Waals surface area contributed by atoms with Gasteiger partial charge in [-0.15, -0.1) is 0 Å². The number of aliphatic hydroxyl groups is 1. The summed E-state index contributed by atoms with van der Waals surface area (Å²) in [6, 6.07) is 2.56. The van der Waals surface area contributed by atoms with Crippen molar-refractivity contribution in [2.75, 3.05) is 13.0 Å². The van der Waals surface area contributed by atoms with Crippen LogP contribution in [0, 0.1) is 5.89 Å². The van der Waals surface area contributed by atoms with E-state index in [0.717, 1.165) is 11.1 Å². The lowest BCUT2D eigenvalue weighted by Gasteiger charge is -2.63. The van der Waals surface area contributed by atoms with Crippen molar-refractivity contribution in [3.05, 3.63) is 35.4 Å². The first kappa shape index (κ1) is 15.2. The first-order valence-electron chi connectivity index (χ1n) is 11.5. The van der Waals surface area contributed by atoms with Crippen molar-refractivity contribution >= 4 is 10.4 Å². The second-order valence-corrected chi connectivity index (χ2v) is 9.89. The Hall–Kier alpha value is -1.61. The van der Waals surface area contributed by atoms with Gasteiger partial charge in [0.25, 0.3) is 0 Å². The summed E-state index contributed by atoms with van der Waals surface area (Å²) < 4.78 is 69.2. The highest BCUT2D eigenvalue weighted by Gasteiger charge is 2.72. The van der Waals surface area contributed by atoms with E-state index < -0.39 is 46.0 Å². The molecule has 0 radical (unpaired) electrons. The van der Waals surface area contributed by atoms with Crippen LogP contribution in [0.25, 0.3) is 0 Å². The Kier molecular flexibility index (Phi) is 2.91. The van der Waals surface area contributed by atoms with Crippen molar-refractivity contribution in [2.45, 2.75) is 61.7 Å². The molecule has 2 heterocycles. The van der Waals surface area contributed by atoms with E-state index in [-0.39, 0.29) is 11.5 Å². The molecule has 156 valence electrons. The molecule has 2 aliphatic heterocycles. The molecule has 2 saturated carbocycles. The summed E-state index contributed by atoms with van der Waals surface area (Å²) in [4.78, 5) is 1.69. The molecule has 3 fully saturated rings. The second-order valence-electron chi connectivity index (χ2n) is 8.87. The van der Waals surface area contributed by atoms with Crippen LogP contribution >= 0.6 is 0 Å². The Bertz CT molecular complexity index is 1170. The molecule has 7 nitrogen and oxygen atoms in total. The minimum absolute atomic E-state index is 0.135. The molecule has 2 N–H and O–H groups in total. The predicted octanol–water partition coefficient (Wildman–Crippen LogP) is 1.99. The molecular weight excluding hydrogens is 394 g/mol. The van der Waals surface area contributed by atoms with Crippen LogP contribution in [-0.4, -0.2) is 53.8 Å². The van der Waals surface area contributed by atoms with E-state index in [1.807, 2.05) is 0 Å². The molecule has 0 aromatic heterocycles. The lowest BCUT2D eigenvalue weighted by molar-refractivity contribution is -0.174. The average Bonchev–Trinajstić information content (AvgIpc) is 3.34. The highest BCUT2D eigenvalue weighted by Crippen LogP contribution is 2.66. The molecule has 0 amide bonds. The Balaban J connectivity index is 1.55. The zero-order valence-electron chi connectivity index (χ0n) is 18.8. The number of hydrogen-bond acceptors (Lipinski definition) is 6. The molecule has 3 aliphatic carbocycles. The highest BCUT2D eigenvalue weighted by atomic mass is 32.3. The maximum Gasteiger partial charge on any atom is 0.446 e. The molecule has 5 aliphatic rings. The van der Waals surface area contributed by atoms with E-state index in [4.69, 9.17) is 13.0 Å². The molecule has 8 heteroatoms. The van der Waals surface area contributed by atoms with Crippen LogP contribution in [0.3, 0.4) is 0 Å². The van der Waals surface area contributed by atoms with E-state index in [1.165, 1.54) is 6.07 Å². The van der Waals surface area contributed by atoms with E-state index in [0.29, 0.717) is 50.6 Å². The minimum Gasteiger partial charge on any atom is -0.481 e. The number of benzene rings is 1. The van der Waals surface area contributed by atoms with Crippen LogP contribution in [0.15, 0.2) is 24.3 Å². The molecule has 29 heavy (non-hydrogen) atoms. The Morgan fingerprint density at radius 1 is 1.41 bits per heavy atom. The van der Waals surface area contributed by atoms with Crippen molar-refractivity contribution in [3.63, 3.8) is 0 Å². The number of hydrogen-bond donors (Lipinski definition) is 2. The standard InChI is InChI=1S/C21H25NO6S/c1-12-6-7-21(23)16-10-14-4-5-15(28-29(24,25)26)18-17(14)20(21,19(12)27-18)8-9-22(16)11-13-2-3-13/h4-5,13,16,19,23H,1-3,6-11H2,(H,24,25,26)/t16-,19+,20+,21-/m1/s1/i11D2,13D. The van der Waals surface area contributed by atoms with Crippen molar-refractivity contribution in [3.8, 4) is 11.5 Å². The van der Waals surface area contributed by atoms with Crippen LogP contribution in [-0.2, 0) is 22.2 Å². The molecular formula is C21H25NO6S. The molecule has 1 saturated heterocycles. The van der Waals surface area contributed by atoms with Crippen LogP contribution in [0.2, 0.25) is 0 Å². The molecule has 0 unspecified atom stereocenters. The number of ether oxygens (including phenoxy) is 1. The topological polar surface area (TPSA) is 96.3 Å². The van der Waals surface area contributed by atoms with Gasteiger partial charge in [-0.05, 0) is 68.2 Å². The number of nitrogens with zero attached hydrogens (tertiary/aromatic N) is 1. The Morgan fingerprint density at radius 3 is 2.93 bits per heavy atom. The van der Waals surface area contributed by atoms with Crippen LogP contribution in [0.5, 0.6) is 11.5 Å². The van der Waals surface area contributed by atoms with Gasteiger partial charge < -0.3 is 14.0 Å². The van der Waals surface area contributed by atoms with Crippen molar-refractivity contribution in [2.24, 2.45) is 5.89 Å². The normalized spacial score (nSPS) is 40.9. The molecule has 4 atom stereocenters. The van der Waals surface area contributed by atoms with Gasteiger partial charge in [-0.1, -0.05) is 12.6 Å². The quantitative estimate of drug-likeness (QED) is 0.566. The summed E-state index contributed by atoms with van der Waals surface area (Å²) in [6.45, 7) is 2.61. The third-order valence-corrected chi connectivity index (χ3v) is 7.78. The highest BCUT2D eigenvalue weighted by molar-refractivity contribution is 7.81. The molecule has 1 aromatic rings. The predicted molar refractivity (Wildman–Crippen MR) is 104 cm³/mol. The second kappa shape index (κ2) is 5.55. The first-order chi connectivity index (χ1) is 14.8. The van der Waals surface area contributed by atoms with Gasteiger partial charge in [0.15, 0.2) is 11.5 Å². The van der Waals surface area contributed by atoms with Crippen LogP contribution in [0.4, 0.5) is 0 Å². The smallest absolute Gasteiger partial charge is 0.446 e. The summed E-state index contributed by atoms with van der Waals surface area (Å²) in [5.41, 5.74) is 0.0241. The fraction of sp³-hybridized carbons (Fsp3) is 0.619. The monoisotopic (exact) mass is 422 g/mol. The lowest BCUT2D eigenvalue weighted by Crippen LogP contribution is -2.75. The van der Waals surface area contributed by atoms with E-state index in [2.05, 4.69) is 6.58 Å². The molecule has 1 aromatic carbocycles. The fourth-order valence-corrected chi connectivity index (χ4v) is 6.49. The third-order valence-electron chi connectivity index (χ3n) is 7.39. The number of piperidine rings is 1. The molecule has 1 spiro atoms. The summed E-state index contributed by atoms with van der Waals surface area (Å²) >= 11 is 0. The van der Waals surface area contributed by atoms with Gasteiger partial charge in [-0.3, -0.25) is 9.45 Å². The van der Waals surface area contributed by atoms with Crippen LogP contribution in [0.1, 0.15) is 47.3 Å². The first-order valence-corrected chi connectivity index (χ1v) is 11.4. The van der Waals surface area contributed by atoms with E-state index >= 15 is 0 Å². The van der Waals surface area contributed by atoms with Gasteiger partial charge >= 0.3 is 10.4 Å². The maximum atomic E-state index is 12.3. The van der Waals surface area contributed by atoms with Crippen molar-refractivity contribution < 1.29 is 31.1 Å². The summed E-state index contributed by atoms with van der Waals surface area (Å²) in [6.07, 6.45) is 1.94.